The molecule has 1 aliphatic heterocycles. The summed E-state index contributed by atoms with van der Waals surface area (Å²) in [6.45, 7) is 2.02. The molecule has 2 bridgehead atoms. The third kappa shape index (κ3) is 2.49. The van der Waals surface area contributed by atoms with Crippen molar-refractivity contribution in [1.29, 1.82) is 0 Å². The normalized spacial score (nSPS) is 39.8. The minimum absolute atomic E-state index is 0.343. The summed E-state index contributed by atoms with van der Waals surface area (Å²) in [6, 6.07) is 0.648. The van der Waals surface area contributed by atoms with Crippen LogP contribution in [0.5, 0.6) is 0 Å². The van der Waals surface area contributed by atoms with Gasteiger partial charge in [0.05, 0.1) is 0 Å². The first-order chi connectivity index (χ1) is 8.33. The minimum atomic E-state index is 0.343. The van der Waals surface area contributed by atoms with Gasteiger partial charge < -0.3 is 10.6 Å². The number of nitrogens with one attached hydrogen (secondary N) is 2. The van der Waals surface area contributed by atoms with E-state index in [0.717, 1.165) is 31.8 Å². The summed E-state index contributed by atoms with van der Waals surface area (Å²) >= 11 is 0. The highest BCUT2D eigenvalue weighted by Crippen LogP contribution is 2.48. The predicted octanol–water partition coefficient (Wildman–Crippen LogP) is 1.68. The van der Waals surface area contributed by atoms with Crippen molar-refractivity contribution in [1.82, 2.24) is 10.6 Å². The lowest BCUT2D eigenvalue weighted by atomic mass is 9.88. The van der Waals surface area contributed by atoms with Gasteiger partial charge in [-0.2, -0.15) is 0 Å². The zero-order valence-corrected chi connectivity index (χ0v) is 10.6. The van der Waals surface area contributed by atoms with Crippen LogP contribution in [0.15, 0.2) is 0 Å². The smallest absolute Gasteiger partial charge is 0.223 e. The van der Waals surface area contributed by atoms with Crippen molar-refractivity contribution < 1.29 is 4.79 Å². The standard InChI is InChI=1S/C14H24N2O/c17-14(13-9-10-3-4-11(13)8-10)16-7-5-12-2-1-6-15-12/h10-13,15H,1-9H2,(H,16,17)/t10?,11?,12-,13?/m0/s1. The highest BCUT2D eigenvalue weighted by atomic mass is 16.1. The first-order valence-electron chi connectivity index (χ1n) is 7.34. The third-order valence-corrected chi connectivity index (χ3v) is 5.03. The molecule has 0 radical (unpaired) electrons. The molecule has 4 atom stereocenters. The van der Waals surface area contributed by atoms with Crippen LogP contribution in [0.4, 0.5) is 0 Å². The molecule has 3 nitrogen and oxygen atoms in total. The van der Waals surface area contributed by atoms with Crippen molar-refractivity contribution in [2.75, 3.05) is 13.1 Å². The van der Waals surface area contributed by atoms with E-state index in [1.807, 2.05) is 0 Å². The second-order valence-corrected chi connectivity index (χ2v) is 6.15. The Morgan fingerprint density at radius 2 is 2.18 bits per heavy atom. The maximum atomic E-state index is 12.1. The molecule has 0 aromatic rings. The largest absolute Gasteiger partial charge is 0.356 e. The molecule has 1 heterocycles. The maximum absolute atomic E-state index is 12.1. The van der Waals surface area contributed by atoms with Crippen molar-refractivity contribution in [3.05, 3.63) is 0 Å². The highest BCUT2D eigenvalue weighted by molar-refractivity contribution is 5.79. The van der Waals surface area contributed by atoms with E-state index in [1.165, 1.54) is 32.1 Å². The minimum Gasteiger partial charge on any atom is -0.356 e. The fourth-order valence-corrected chi connectivity index (χ4v) is 4.07. The second kappa shape index (κ2) is 4.97. The summed E-state index contributed by atoms with van der Waals surface area (Å²) in [5.74, 6) is 2.28. The van der Waals surface area contributed by atoms with Gasteiger partial charge in [-0.25, -0.2) is 0 Å². The summed E-state index contributed by atoms with van der Waals surface area (Å²) in [5.41, 5.74) is 0. The zero-order chi connectivity index (χ0) is 11.7. The predicted molar refractivity (Wildman–Crippen MR) is 67.6 cm³/mol. The number of amides is 1. The molecule has 3 rings (SSSR count). The van der Waals surface area contributed by atoms with Crippen molar-refractivity contribution >= 4 is 5.91 Å². The average Bonchev–Trinajstić information content (AvgIpc) is 3.05. The summed E-state index contributed by atoms with van der Waals surface area (Å²) in [7, 11) is 0. The first kappa shape index (κ1) is 11.5. The molecule has 0 spiro atoms. The molecule has 2 N–H and O–H groups in total. The Labute approximate surface area is 104 Å². The van der Waals surface area contributed by atoms with Crippen molar-refractivity contribution in [2.45, 2.75) is 51.0 Å². The molecular formula is C14H24N2O. The maximum Gasteiger partial charge on any atom is 0.223 e. The molecule has 3 heteroatoms. The Kier molecular flexibility index (Phi) is 3.37. The van der Waals surface area contributed by atoms with Crippen LogP contribution in [0.2, 0.25) is 0 Å². The van der Waals surface area contributed by atoms with Crippen LogP contribution in [0.25, 0.3) is 0 Å². The van der Waals surface area contributed by atoms with Gasteiger partial charge in [0.15, 0.2) is 0 Å². The van der Waals surface area contributed by atoms with Crippen molar-refractivity contribution in [3.63, 3.8) is 0 Å². The van der Waals surface area contributed by atoms with Crippen LogP contribution in [-0.2, 0) is 4.79 Å². The van der Waals surface area contributed by atoms with E-state index in [0.29, 0.717) is 23.8 Å². The van der Waals surface area contributed by atoms with Gasteiger partial charge in [0.25, 0.3) is 0 Å². The van der Waals surface area contributed by atoms with Gasteiger partial charge in [-0.15, -0.1) is 0 Å². The van der Waals surface area contributed by atoms with E-state index >= 15 is 0 Å². The average molecular weight is 236 g/mol. The quantitative estimate of drug-likeness (QED) is 0.780. The topological polar surface area (TPSA) is 41.1 Å². The van der Waals surface area contributed by atoms with Gasteiger partial charge in [-0.1, -0.05) is 6.42 Å². The Balaban J connectivity index is 1.38. The number of carbonyl (C=O) groups is 1. The van der Waals surface area contributed by atoms with E-state index in [9.17, 15) is 4.79 Å². The second-order valence-electron chi connectivity index (χ2n) is 6.15. The van der Waals surface area contributed by atoms with E-state index in [1.54, 1.807) is 0 Å². The van der Waals surface area contributed by atoms with Crippen LogP contribution in [0.3, 0.4) is 0 Å². The lowest BCUT2D eigenvalue weighted by molar-refractivity contribution is -0.126. The molecule has 3 fully saturated rings. The number of hydrogen-bond acceptors (Lipinski definition) is 2. The summed E-state index contributed by atoms with van der Waals surface area (Å²) < 4.78 is 0. The fraction of sp³-hybridized carbons (Fsp3) is 0.929. The Morgan fingerprint density at radius 1 is 1.24 bits per heavy atom. The Hall–Kier alpha value is -0.570. The van der Waals surface area contributed by atoms with Crippen molar-refractivity contribution in [3.8, 4) is 0 Å². The van der Waals surface area contributed by atoms with Gasteiger partial charge >= 0.3 is 0 Å². The monoisotopic (exact) mass is 236 g/mol. The van der Waals surface area contributed by atoms with Gasteiger partial charge in [-0.05, 0) is 56.9 Å². The molecule has 0 aromatic carbocycles. The van der Waals surface area contributed by atoms with Crippen LogP contribution in [0, 0.1) is 17.8 Å². The van der Waals surface area contributed by atoms with Crippen LogP contribution in [-0.4, -0.2) is 25.0 Å². The van der Waals surface area contributed by atoms with E-state index in [2.05, 4.69) is 10.6 Å². The molecule has 17 heavy (non-hydrogen) atoms. The highest BCUT2D eigenvalue weighted by Gasteiger charge is 2.42. The Bertz CT molecular complexity index is 286. The number of rotatable bonds is 4. The fourth-order valence-electron chi connectivity index (χ4n) is 4.07. The van der Waals surface area contributed by atoms with Crippen LogP contribution < -0.4 is 10.6 Å². The molecule has 1 saturated heterocycles. The van der Waals surface area contributed by atoms with Gasteiger partial charge in [-0.3, -0.25) is 4.79 Å². The molecular weight excluding hydrogens is 212 g/mol. The van der Waals surface area contributed by atoms with Crippen LogP contribution in [0.1, 0.15) is 44.9 Å². The van der Waals surface area contributed by atoms with E-state index in [-0.39, 0.29) is 0 Å². The number of carbonyl (C=O) groups excluding carboxylic acids is 1. The SMILES string of the molecule is O=C(NCC[C@@H]1CCCN1)C1CC2CCC1C2. The summed E-state index contributed by atoms with van der Waals surface area (Å²) in [5, 5.41) is 6.63. The molecule has 3 unspecified atom stereocenters. The molecule has 2 saturated carbocycles. The molecule has 3 aliphatic rings. The van der Waals surface area contributed by atoms with Gasteiger partial charge in [0.1, 0.15) is 0 Å². The van der Waals surface area contributed by atoms with Crippen molar-refractivity contribution in [2.24, 2.45) is 17.8 Å². The summed E-state index contributed by atoms with van der Waals surface area (Å²) in [4.78, 5) is 12.1. The molecule has 96 valence electrons. The molecule has 2 aliphatic carbocycles. The lowest BCUT2D eigenvalue weighted by Crippen LogP contribution is -2.36. The zero-order valence-electron chi connectivity index (χ0n) is 10.6. The molecule has 0 aromatic heterocycles. The lowest BCUT2D eigenvalue weighted by Gasteiger charge is -2.21. The van der Waals surface area contributed by atoms with Gasteiger partial charge in [0, 0.05) is 18.5 Å². The first-order valence-corrected chi connectivity index (χ1v) is 7.34. The van der Waals surface area contributed by atoms with Gasteiger partial charge in [0.2, 0.25) is 5.91 Å². The van der Waals surface area contributed by atoms with Crippen LogP contribution >= 0.6 is 0 Å². The van der Waals surface area contributed by atoms with E-state index < -0.39 is 0 Å². The third-order valence-electron chi connectivity index (χ3n) is 5.03. The van der Waals surface area contributed by atoms with E-state index in [4.69, 9.17) is 0 Å². The summed E-state index contributed by atoms with van der Waals surface area (Å²) in [6.07, 6.45) is 8.84. The number of fused-ring (bicyclic) bond motifs is 2. The molecule has 1 amide bonds. The Morgan fingerprint density at radius 3 is 2.82 bits per heavy atom. The number of hydrogen-bond donors (Lipinski definition) is 2.